The van der Waals surface area contributed by atoms with Crippen molar-refractivity contribution in [3.63, 3.8) is 0 Å². The predicted molar refractivity (Wildman–Crippen MR) is 98.8 cm³/mol. The molecule has 0 radical (unpaired) electrons. The molecule has 0 saturated heterocycles. The summed E-state index contributed by atoms with van der Waals surface area (Å²) in [6, 6.07) is 6.87. The molecule has 1 aromatic rings. The highest BCUT2D eigenvalue weighted by Crippen LogP contribution is 2.28. The standard InChI is InChI=1S/C19H31ClN2/c1-5-7-8-12-22(11-6-2)19(9-10-21-4)17-13-16(3)14-18(20)15-17/h5,13-15,19,21H,1,6-12H2,2-4H3/t19-/m0/s1. The number of unbranched alkanes of at least 4 members (excludes halogenated alkanes) is 1. The maximum atomic E-state index is 6.29. The molecule has 0 amide bonds. The van der Waals surface area contributed by atoms with Crippen LogP contribution in [0.15, 0.2) is 30.9 Å². The fourth-order valence-electron chi connectivity index (χ4n) is 2.95. The molecular formula is C19H31ClN2. The predicted octanol–water partition coefficient (Wildman–Crippen LogP) is 4.98. The van der Waals surface area contributed by atoms with E-state index in [1.165, 1.54) is 24.0 Å². The molecule has 0 heterocycles. The van der Waals surface area contributed by atoms with E-state index in [-0.39, 0.29) is 0 Å². The lowest BCUT2D eigenvalue weighted by molar-refractivity contribution is 0.185. The zero-order valence-corrected chi connectivity index (χ0v) is 15.1. The average Bonchev–Trinajstić information content (AvgIpc) is 2.47. The molecule has 1 N–H and O–H groups in total. The SMILES string of the molecule is C=CCCCN(CCC)[C@@H](CCNC)c1cc(C)cc(Cl)c1. The zero-order valence-electron chi connectivity index (χ0n) is 14.4. The van der Waals surface area contributed by atoms with Crippen LogP contribution < -0.4 is 5.32 Å². The van der Waals surface area contributed by atoms with E-state index >= 15 is 0 Å². The molecule has 124 valence electrons. The number of hydrogen-bond donors (Lipinski definition) is 1. The van der Waals surface area contributed by atoms with Crippen LogP contribution in [-0.4, -0.2) is 31.6 Å². The summed E-state index contributed by atoms with van der Waals surface area (Å²) in [5, 5.41) is 4.13. The fourth-order valence-corrected chi connectivity index (χ4v) is 3.25. The van der Waals surface area contributed by atoms with Crippen LogP contribution in [0.2, 0.25) is 5.02 Å². The van der Waals surface area contributed by atoms with Crippen molar-refractivity contribution in [1.82, 2.24) is 10.2 Å². The Morgan fingerprint density at radius 3 is 2.68 bits per heavy atom. The van der Waals surface area contributed by atoms with Gasteiger partial charge in [-0.3, -0.25) is 4.90 Å². The first-order chi connectivity index (χ1) is 10.6. The molecule has 1 rings (SSSR count). The molecule has 1 aromatic carbocycles. The molecule has 0 spiro atoms. The Hall–Kier alpha value is -0.830. The normalized spacial score (nSPS) is 12.6. The molecule has 2 nitrogen and oxygen atoms in total. The minimum atomic E-state index is 0.426. The topological polar surface area (TPSA) is 15.3 Å². The Morgan fingerprint density at radius 1 is 1.32 bits per heavy atom. The lowest BCUT2D eigenvalue weighted by Gasteiger charge is -2.32. The maximum Gasteiger partial charge on any atom is 0.0411 e. The molecule has 0 aliphatic heterocycles. The number of halogens is 1. The van der Waals surface area contributed by atoms with Gasteiger partial charge in [0.2, 0.25) is 0 Å². The van der Waals surface area contributed by atoms with Crippen molar-refractivity contribution in [2.45, 2.75) is 45.6 Å². The van der Waals surface area contributed by atoms with Crippen LogP contribution >= 0.6 is 11.6 Å². The molecule has 3 heteroatoms. The Balaban J connectivity index is 2.97. The van der Waals surface area contributed by atoms with Gasteiger partial charge in [-0.05, 0) is 82.5 Å². The van der Waals surface area contributed by atoms with Crippen molar-refractivity contribution in [2.24, 2.45) is 0 Å². The lowest BCUT2D eigenvalue weighted by Crippen LogP contribution is -2.32. The number of nitrogens with zero attached hydrogens (tertiary/aromatic N) is 1. The maximum absolute atomic E-state index is 6.29. The molecular weight excluding hydrogens is 292 g/mol. The van der Waals surface area contributed by atoms with Crippen LogP contribution in [0, 0.1) is 6.92 Å². The third kappa shape index (κ3) is 6.51. The minimum Gasteiger partial charge on any atom is -0.320 e. The summed E-state index contributed by atoms with van der Waals surface area (Å²) in [5.74, 6) is 0. The first kappa shape index (κ1) is 19.2. The smallest absolute Gasteiger partial charge is 0.0411 e. The zero-order chi connectivity index (χ0) is 16.4. The highest BCUT2D eigenvalue weighted by molar-refractivity contribution is 6.30. The van der Waals surface area contributed by atoms with Crippen LogP contribution in [0.3, 0.4) is 0 Å². The van der Waals surface area contributed by atoms with Gasteiger partial charge in [-0.2, -0.15) is 0 Å². The summed E-state index contributed by atoms with van der Waals surface area (Å²) in [6.45, 7) is 11.4. The van der Waals surface area contributed by atoms with Gasteiger partial charge in [-0.1, -0.05) is 30.7 Å². The third-order valence-electron chi connectivity index (χ3n) is 3.92. The number of allylic oxidation sites excluding steroid dienone is 1. The van der Waals surface area contributed by atoms with Crippen molar-refractivity contribution in [1.29, 1.82) is 0 Å². The van der Waals surface area contributed by atoms with Crippen LogP contribution in [-0.2, 0) is 0 Å². The Bertz CT molecular complexity index is 425. The van der Waals surface area contributed by atoms with E-state index in [0.717, 1.165) is 37.5 Å². The molecule has 1 atom stereocenters. The Morgan fingerprint density at radius 2 is 2.09 bits per heavy atom. The molecule has 0 aromatic heterocycles. The van der Waals surface area contributed by atoms with Crippen LogP contribution in [0.4, 0.5) is 0 Å². The lowest BCUT2D eigenvalue weighted by atomic mass is 9.99. The second kappa shape index (κ2) is 10.8. The van der Waals surface area contributed by atoms with E-state index in [2.05, 4.69) is 42.8 Å². The minimum absolute atomic E-state index is 0.426. The summed E-state index contributed by atoms with van der Waals surface area (Å²) in [6.07, 6.45) is 6.52. The van der Waals surface area contributed by atoms with Crippen molar-refractivity contribution in [3.05, 3.63) is 47.0 Å². The first-order valence-corrected chi connectivity index (χ1v) is 8.76. The number of aryl methyl sites for hydroxylation is 1. The van der Waals surface area contributed by atoms with Gasteiger partial charge in [0.05, 0.1) is 0 Å². The van der Waals surface area contributed by atoms with Crippen LogP contribution in [0.25, 0.3) is 0 Å². The van der Waals surface area contributed by atoms with Gasteiger partial charge in [-0.25, -0.2) is 0 Å². The first-order valence-electron chi connectivity index (χ1n) is 8.39. The van der Waals surface area contributed by atoms with Crippen molar-refractivity contribution in [3.8, 4) is 0 Å². The van der Waals surface area contributed by atoms with Crippen LogP contribution in [0.5, 0.6) is 0 Å². The summed E-state index contributed by atoms with van der Waals surface area (Å²) in [4.78, 5) is 2.60. The van der Waals surface area contributed by atoms with Gasteiger partial charge < -0.3 is 5.32 Å². The highest BCUT2D eigenvalue weighted by atomic mass is 35.5. The van der Waals surface area contributed by atoms with Gasteiger partial charge in [0.25, 0.3) is 0 Å². The average molecular weight is 323 g/mol. The summed E-state index contributed by atoms with van der Waals surface area (Å²) < 4.78 is 0. The number of hydrogen-bond acceptors (Lipinski definition) is 2. The molecule has 0 aliphatic carbocycles. The quantitative estimate of drug-likeness (QED) is 0.456. The van der Waals surface area contributed by atoms with E-state index < -0.39 is 0 Å². The largest absolute Gasteiger partial charge is 0.320 e. The second-order valence-corrected chi connectivity index (χ2v) is 6.37. The monoisotopic (exact) mass is 322 g/mol. The molecule has 22 heavy (non-hydrogen) atoms. The van der Waals surface area contributed by atoms with Crippen molar-refractivity contribution in [2.75, 3.05) is 26.7 Å². The van der Waals surface area contributed by atoms with E-state index in [1.54, 1.807) is 0 Å². The summed E-state index contributed by atoms with van der Waals surface area (Å²) in [5.41, 5.74) is 2.58. The second-order valence-electron chi connectivity index (χ2n) is 5.94. The molecule has 0 unspecified atom stereocenters. The number of rotatable bonds is 11. The summed E-state index contributed by atoms with van der Waals surface area (Å²) in [7, 11) is 2.02. The fraction of sp³-hybridized carbons (Fsp3) is 0.579. The van der Waals surface area contributed by atoms with E-state index in [0.29, 0.717) is 6.04 Å². The van der Waals surface area contributed by atoms with Gasteiger partial charge in [-0.15, -0.1) is 6.58 Å². The number of nitrogens with one attached hydrogen (secondary N) is 1. The number of benzene rings is 1. The summed E-state index contributed by atoms with van der Waals surface area (Å²) >= 11 is 6.29. The molecule has 0 saturated carbocycles. The Labute approximate surface area is 141 Å². The van der Waals surface area contributed by atoms with E-state index in [4.69, 9.17) is 11.6 Å². The van der Waals surface area contributed by atoms with Gasteiger partial charge in [0.15, 0.2) is 0 Å². The highest BCUT2D eigenvalue weighted by Gasteiger charge is 2.19. The van der Waals surface area contributed by atoms with Crippen molar-refractivity contribution < 1.29 is 0 Å². The van der Waals surface area contributed by atoms with Crippen molar-refractivity contribution >= 4 is 11.6 Å². The van der Waals surface area contributed by atoms with Gasteiger partial charge in [0.1, 0.15) is 0 Å². The van der Waals surface area contributed by atoms with Gasteiger partial charge >= 0.3 is 0 Å². The van der Waals surface area contributed by atoms with Crippen LogP contribution in [0.1, 0.15) is 49.8 Å². The van der Waals surface area contributed by atoms with Gasteiger partial charge in [0, 0.05) is 11.1 Å². The Kier molecular flexibility index (Phi) is 9.45. The van der Waals surface area contributed by atoms with E-state index in [9.17, 15) is 0 Å². The van der Waals surface area contributed by atoms with E-state index in [1.807, 2.05) is 19.2 Å². The molecule has 0 aliphatic rings. The molecule has 0 fully saturated rings. The molecule has 0 bridgehead atoms. The third-order valence-corrected chi connectivity index (χ3v) is 4.14.